The van der Waals surface area contributed by atoms with Crippen LogP contribution < -0.4 is 4.74 Å². The Morgan fingerprint density at radius 2 is 1.86 bits per heavy atom. The standard InChI is InChI=1S/C16H24BrNO3/c1-16(2,3)15(19)21-12-7-5-4-6-11-20-13-9-8-10-18-14(13)17/h8-10H,4-7,11-12H2,1-3H3. The van der Waals surface area contributed by atoms with Crippen molar-refractivity contribution in [3.63, 3.8) is 0 Å². The first-order chi connectivity index (χ1) is 9.91. The minimum Gasteiger partial charge on any atom is -0.491 e. The van der Waals surface area contributed by atoms with Crippen LogP contribution in [0, 0.1) is 5.41 Å². The van der Waals surface area contributed by atoms with Crippen LogP contribution in [0.5, 0.6) is 5.75 Å². The van der Waals surface area contributed by atoms with E-state index in [0.717, 1.165) is 36.0 Å². The van der Waals surface area contributed by atoms with Crippen molar-refractivity contribution in [2.75, 3.05) is 13.2 Å². The third kappa shape index (κ3) is 7.46. The summed E-state index contributed by atoms with van der Waals surface area (Å²) >= 11 is 3.34. The number of carbonyl (C=O) groups excluding carboxylic acids is 1. The summed E-state index contributed by atoms with van der Waals surface area (Å²) in [7, 11) is 0. The van der Waals surface area contributed by atoms with Crippen molar-refractivity contribution in [2.24, 2.45) is 5.41 Å². The number of carbonyl (C=O) groups is 1. The first-order valence-corrected chi connectivity index (χ1v) is 8.11. The molecular weight excluding hydrogens is 334 g/mol. The summed E-state index contributed by atoms with van der Waals surface area (Å²) in [6.07, 6.45) is 5.70. The lowest BCUT2D eigenvalue weighted by Crippen LogP contribution is -2.23. The number of ether oxygens (including phenoxy) is 2. The van der Waals surface area contributed by atoms with Gasteiger partial charge < -0.3 is 9.47 Å². The Labute approximate surface area is 135 Å². The SMILES string of the molecule is CC(C)(C)C(=O)OCCCCCCOc1cccnc1Br. The Bertz CT molecular complexity index is 443. The Balaban J connectivity index is 2.01. The molecule has 0 bridgehead atoms. The highest BCUT2D eigenvalue weighted by Gasteiger charge is 2.22. The highest BCUT2D eigenvalue weighted by molar-refractivity contribution is 9.10. The molecular formula is C16H24BrNO3. The number of hydrogen-bond acceptors (Lipinski definition) is 4. The molecule has 21 heavy (non-hydrogen) atoms. The van der Waals surface area contributed by atoms with E-state index in [0.29, 0.717) is 13.2 Å². The van der Waals surface area contributed by atoms with Crippen LogP contribution in [0.1, 0.15) is 46.5 Å². The normalized spacial score (nSPS) is 11.2. The van der Waals surface area contributed by atoms with E-state index in [-0.39, 0.29) is 5.97 Å². The van der Waals surface area contributed by atoms with E-state index >= 15 is 0 Å². The average Bonchev–Trinajstić information content (AvgIpc) is 2.42. The summed E-state index contributed by atoms with van der Waals surface area (Å²) in [4.78, 5) is 15.6. The van der Waals surface area contributed by atoms with Crippen molar-refractivity contribution in [1.29, 1.82) is 0 Å². The molecule has 0 atom stereocenters. The van der Waals surface area contributed by atoms with Crippen LogP contribution in [0.2, 0.25) is 0 Å². The van der Waals surface area contributed by atoms with Gasteiger partial charge in [0, 0.05) is 6.20 Å². The van der Waals surface area contributed by atoms with Gasteiger partial charge in [-0.25, -0.2) is 4.98 Å². The molecule has 1 rings (SSSR count). The fourth-order valence-electron chi connectivity index (χ4n) is 1.60. The minimum absolute atomic E-state index is 0.132. The summed E-state index contributed by atoms with van der Waals surface area (Å²) in [5.41, 5.74) is -0.412. The van der Waals surface area contributed by atoms with Gasteiger partial charge in [0.2, 0.25) is 0 Å². The largest absolute Gasteiger partial charge is 0.491 e. The van der Waals surface area contributed by atoms with Crippen LogP contribution in [0.15, 0.2) is 22.9 Å². The maximum Gasteiger partial charge on any atom is 0.311 e. The molecule has 0 saturated heterocycles. The van der Waals surface area contributed by atoms with E-state index in [4.69, 9.17) is 9.47 Å². The number of rotatable bonds is 8. The molecule has 5 heteroatoms. The smallest absolute Gasteiger partial charge is 0.311 e. The van der Waals surface area contributed by atoms with Gasteiger partial charge in [-0.05, 0) is 74.5 Å². The van der Waals surface area contributed by atoms with Crippen LogP contribution in [0.3, 0.4) is 0 Å². The summed E-state index contributed by atoms with van der Waals surface area (Å²) in [5, 5.41) is 0. The van der Waals surface area contributed by atoms with Crippen molar-refractivity contribution < 1.29 is 14.3 Å². The van der Waals surface area contributed by atoms with Crippen molar-refractivity contribution in [3.8, 4) is 5.75 Å². The number of halogens is 1. The fraction of sp³-hybridized carbons (Fsp3) is 0.625. The maximum absolute atomic E-state index is 11.5. The van der Waals surface area contributed by atoms with Crippen LogP contribution in [0.25, 0.3) is 0 Å². The fourth-order valence-corrected chi connectivity index (χ4v) is 1.96. The second-order valence-electron chi connectivity index (χ2n) is 5.94. The Morgan fingerprint density at radius 3 is 2.48 bits per heavy atom. The monoisotopic (exact) mass is 357 g/mol. The molecule has 1 aromatic heterocycles. The molecule has 4 nitrogen and oxygen atoms in total. The summed E-state index contributed by atoms with van der Waals surface area (Å²) in [6.45, 7) is 6.77. The second kappa shape index (κ2) is 9.03. The molecule has 0 saturated carbocycles. The molecule has 0 fully saturated rings. The third-order valence-electron chi connectivity index (χ3n) is 2.87. The quantitative estimate of drug-likeness (QED) is 0.393. The van der Waals surface area contributed by atoms with E-state index in [1.54, 1.807) is 6.20 Å². The van der Waals surface area contributed by atoms with E-state index < -0.39 is 5.41 Å². The van der Waals surface area contributed by atoms with E-state index in [1.165, 1.54) is 0 Å². The number of hydrogen-bond donors (Lipinski definition) is 0. The lowest BCUT2D eigenvalue weighted by atomic mass is 9.97. The molecule has 118 valence electrons. The minimum atomic E-state index is -0.412. The first-order valence-electron chi connectivity index (χ1n) is 7.32. The number of nitrogens with zero attached hydrogens (tertiary/aromatic N) is 1. The Kier molecular flexibility index (Phi) is 7.72. The van der Waals surface area contributed by atoms with Gasteiger partial charge in [0.05, 0.1) is 18.6 Å². The number of aromatic nitrogens is 1. The van der Waals surface area contributed by atoms with Gasteiger partial charge in [-0.15, -0.1) is 0 Å². The van der Waals surface area contributed by atoms with Crippen LogP contribution in [-0.4, -0.2) is 24.2 Å². The van der Waals surface area contributed by atoms with Crippen LogP contribution in [-0.2, 0) is 9.53 Å². The maximum atomic E-state index is 11.5. The Morgan fingerprint density at radius 1 is 1.19 bits per heavy atom. The van der Waals surface area contributed by atoms with Gasteiger partial charge in [-0.3, -0.25) is 4.79 Å². The number of unbranched alkanes of at least 4 members (excludes halogenated alkanes) is 3. The lowest BCUT2D eigenvalue weighted by Gasteiger charge is -2.16. The molecule has 1 heterocycles. The summed E-state index contributed by atoms with van der Waals surface area (Å²) < 4.78 is 11.6. The van der Waals surface area contributed by atoms with Crippen molar-refractivity contribution in [2.45, 2.75) is 46.5 Å². The van der Waals surface area contributed by atoms with Gasteiger partial charge in [-0.1, -0.05) is 0 Å². The lowest BCUT2D eigenvalue weighted by molar-refractivity contribution is -0.153. The molecule has 0 amide bonds. The molecule has 0 aliphatic heterocycles. The van der Waals surface area contributed by atoms with Gasteiger partial charge in [0.25, 0.3) is 0 Å². The van der Waals surface area contributed by atoms with E-state index in [1.807, 2.05) is 32.9 Å². The zero-order chi connectivity index (χ0) is 15.7. The number of esters is 1. The van der Waals surface area contributed by atoms with Crippen LogP contribution >= 0.6 is 15.9 Å². The number of pyridine rings is 1. The molecule has 0 aromatic carbocycles. The Hall–Kier alpha value is -1.10. The average molecular weight is 358 g/mol. The molecule has 0 aliphatic carbocycles. The van der Waals surface area contributed by atoms with Gasteiger partial charge in [0.1, 0.15) is 4.60 Å². The van der Waals surface area contributed by atoms with E-state index in [9.17, 15) is 4.79 Å². The second-order valence-corrected chi connectivity index (χ2v) is 6.69. The van der Waals surface area contributed by atoms with Gasteiger partial charge in [0.15, 0.2) is 5.75 Å². The van der Waals surface area contributed by atoms with Gasteiger partial charge >= 0.3 is 5.97 Å². The predicted octanol–water partition coefficient (Wildman–Crippen LogP) is 4.37. The highest BCUT2D eigenvalue weighted by Crippen LogP contribution is 2.21. The van der Waals surface area contributed by atoms with Crippen molar-refractivity contribution in [3.05, 3.63) is 22.9 Å². The van der Waals surface area contributed by atoms with Crippen molar-refractivity contribution in [1.82, 2.24) is 4.98 Å². The molecule has 1 aromatic rings. The zero-order valence-corrected chi connectivity index (χ0v) is 14.6. The summed E-state index contributed by atoms with van der Waals surface area (Å²) in [5.74, 6) is 0.642. The zero-order valence-electron chi connectivity index (χ0n) is 13.0. The molecule has 0 aliphatic rings. The highest BCUT2D eigenvalue weighted by atomic mass is 79.9. The molecule has 0 N–H and O–H groups in total. The van der Waals surface area contributed by atoms with Gasteiger partial charge in [-0.2, -0.15) is 0 Å². The summed E-state index contributed by atoms with van der Waals surface area (Å²) in [6, 6.07) is 3.74. The predicted molar refractivity (Wildman–Crippen MR) is 86.3 cm³/mol. The topological polar surface area (TPSA) is 48.4 Å². The van der Waals surface area contributed by atoms with Crippen molar-refractivity contribution >= 4 is 21.9 Å². The molecule has 0 spiro atoms. The molecule has 0 radical (unpaired) electrons. The first kappa shape index (κ1) is 18.0. The third-order valence-corrected chi connectivity index (χ3v) is 3.46. The van der Waals surface area contributed by atoms with Crippen LogP contribution in [0.4, 0.5) is 0 Å². The molecule has 0 unspecified atom stereocenters. The van der Waals surface area contributed by atoms with E-state index in [2.05, 4.69) is 20.9 Å².